The first kappa shape index (κ1) is 6.07. The number of hydrogen-bond acceptors (Lipinski definition) is 2. The Morgan fingerprint density at radius 2 is 2.56 bits per heavy atom. The smallest absolute Gasteiger partial charge is 0.324 e. The van der Waals surface area contributed by atoms with E-state index in [4.69, 9.17) is 0 Å². The van der Waals surface area contributed by atoms with Crippen LogP contribution >= 0.6 is 0 Å². The number of carbonyl (C=O) groups is 2. The Hall–Kier alpha value is -1.06. The molecular formula is C5H8N2O2. The second kappa shape index (κ2) is 2.05. The van der Waals surface area contributed by atoms with E-state index >= 15 is 0 Å². The topological polar surface area (TPSA) is 49.4 Å². The minimum absolute atomic E-state index is 0.0997. The third-order valence-electron chi connectivity index (χ3n) is 1.23. The molecule has 1 aliphatic heterocycles. The van der Waals surface area contributed by atoms with Gasteiger partial charge in [0.25, 0.3) is 0 Å². The molecule has 1 atom stereocenters. The second-order valence-corrected chi connectivity index (χ2v) is 2.11. The van der Waals surface area contributed by atoms with Crippen molar-refractivity contribution in [3.8, 4) is 0 Å². The lowest BCUT2D eigenvalue weighted by molar-refractivity contribution is -0.115. The van der Waals surface area contributed by atoms with Gasteiger partial charge in [-0.25, -0.2) is 4.79 Å². The van der Waals surface area contributed by atoms with Crippen molar-refractivity contribution in [2.24, 2.45) is 0 Å². The van der Waals surface area contributed by atoms with Crippen molar-refractivity contribution in [3.63, 3.8) is 0 Å². The molecule has 1 unspecified atom stereocenters. The van der Waals surface area contributed by atoms with Gasteiger partial charge in [0.05, 0.1) is 6.54 Å². The van der Waals surface area contributed by atoms with Crippen LogP contribution in [-0.4, -0.2) is 29.9 Å². The SMILES string of the molecule is CC1CN(C=O)C(=O)N1. The number of rotatable bonds is 1. The van der Waals surface area contributed by atoms with Gasteiger partial charge in [0, 0.05) is 6.04 Å². The summed E-state index contributed by atoms with van der Waals surface area (Å²) in [6.07, 6.45) is 0.541. The average Bonchev–Trinajstić information content (AvgIpc) is 2.10. The van der Waals surface area contributed by atoms with Gasteiger partial charge in [-0.05, 0) is 6.92 Å². The Balaban J connectivity index is 2.57. The zero-order valence-electron chi connectivity index (χ0n) is 5.13. The van der Waals surface area contributed by atoms with Crippen LogP contribution < -0.4 is 5.32 Å². The molecule has 3 amide bonds. The van der Waals surface area contributed by atoms with Crippen LogP contribution in [0, 0.1) is 0 Å². The van der Waals surface area contributed by atoms with Crippen molar-refractivity contribution in [3.05, 3.63) is 0 Å². The summed E-state index contributed by atoms with van der Waals surface area (Å²) in [7, 11) is 0. The molecule has 4 nitrogen and oxygen atoms in total. The Morgan fingerprint density at radius 1 is 1.89 bits per heavy atom. The van der Waals surface area contributed by atoms with Gasteiger partial charge in [0.1, 0.15) is 0 Å². The van der Waals surface area contributed by atoms with Gasteiger partial charge in [-0.15, -0.1) is 0 Å². The minimum Gasteiger partial charge on any atom is -0.333 e. The number of amides is 3. The molecule has 1 aliphatic rings. The fourth-order valence-electron chi connectivity index (χ4n) is 0.808. The zero-order chi connectivity index (χ0) is 6.85. The monoisotopic (exact) mass is 128 g/mol. The van der Waals surface area contributed by atoms with Gasteiger partial charge in [0.15, 0.2) is 0 Å². The molecule has 0 aromatic rings. The molecule has 1 saturated heterocycles. The summed E-state index contributed by atoms with van der Waals surface area (Å²) < 4.78 is 0. The summed E-state index contributed by atoms with van der Waals surface area (Å²) in [5.74, 6) is 0. The van der Waals surface area contributed by atoms with E-state index in [-0.39, 0.29) is 12.1 Å². The summed E-state index contributed by atoms with van der Waals surface area (Å²) in [6.45, 7) is 2.34. The molecule has 0 aromatic carbocycles. The Bertz CT molecular complexity index is 146. The minimum atomic E-state index is -0.294. The van der Waals surface area contributed by atoms with Gasteiger partial charge in [0.2, 0.25) is 6.41 Å². The summed E-state index contributed by atoms with van der Waals surface area (Å²) in [6, 6.07) is -0.194. The van der Waals surface area contributed by atoms with Crippen molar-refractivity contribution < 1.29 is 9.59 Å². The molecule has 0 aromatic heterocycles. The van der Waals surface area contributed by atoms with Crippen LogP contribution in [0.1, 0.15) is 6.92 Å². The van der Waals surface area contributed by atoms with Crippen molar-refractivity contribution in [2.75, 3.05) is 6.54 Å². The predicted octanol–water partition coefficient (Wildman–Crippen LogP) is -0.443. The van der Waals surface area contributed by atoms with Crippen LogP contribution in [-0.2, 0) is 4.79 Å². The summed E-state index contributed by atoms with van der Waals surface area (Å²) in [5, 5.41) is 2.57. The Morgan fingerprint density at radius 3 is 2.78 bits per heavy atom. The largest absolute Gasteiger partial charge is 0.333 e. The number of carbonyl (C=O) groups excluding carboxylic acids is 2. The van der Waals surface area contributed by atoms with Crippen molar-refractivity contribution in [1.82, 2.24) is 10.2 Å². The first-order chi connectivity index (χ1) is 4.24. The normalized spacial score (nSPS) is 26.1. The lowest BCUT2D eigenvalue weighted by Crippen LogP contribution is -2.26. The van der Waals surface area contributed by atoms with Gasteiger partial charge in [-0.2, -0.15) is 0 Å². The number of urea groups is 1. The van der Waals surface area contributed by atoms with E-state index in [1.165, 1.54) is 0 Å². The van der Waals surface area contributed by atoms with Gasteiger partial charge >= 0.3 is 6.03 Å². The highest BCUT2D eigenvalue weighted by Crippen LogP contribution is 1.98. The molecule has 0 radical (unpaired) electrons. The molecular weight excluding hydrogens is 120 g/mol. The molecule has 1 N–H and O–H groups in total. The standard InChI is InChI=1S/C5H8N2O2/c1-4-2-7(3-8)5(9)6-4/h3-4H,2H2,1H3,(H,6,9). The molecule has 9 heavy (non-hydrogen) atoms. The number of nitrogens with one attached hydrogen (secondary N) is 1. The fraction of sp³-hybridized carbons (Fsp3) is 0.600. The summed E-state index contributed by atoms with van der Waals surface area (Å²) in [5.41, 5.74) is 0. The molecule has 0 bridgehead atoms. The molecule has 0 aliphatic carbocycles. The van der Waals surface area contributed by atoms with Gasteiger partial charge < -0.3 is 5.32 Å². The first-order valence-corrected chi connectivity index (χ1v) is 2.76. The van der Waals surface area contributed by atoms with E-state index in [9.17, 15) is 9.59 Å². The van der Waals surface area contributed by atoms with E-state index < -0.39 is 0 Å². The van der Waals surface area contributed by atoms with Crippen LogP contribution in [0.2, 0.25) is 0 Å². The van der Waals surface area contributed by atoms with Crippen molar-refractivity contribution in [1.29, 1.82) is 0 Å². The highest BCUT2D eigenvalue weighted by atomic mass is 16.2. The number of nitrogens with zero attached hydrogens (tertiary/aromatic N) is 1. The van der Waals surface area contributed by atoms with E-state index in [0.29, 0.717) is 13.0 Å². The van der Waals surface area contributed by atoms with Crippen LogP contribution in [0.5, 0.6) is 0 Å². The lowest BCUT2D eigenvalue weighted by atomic mass is 10.4. The van der Waals surface area contributed by atoms with Crippen LogP contribution in [0.25, 0.3) is 0 Å². The Labute approximate surface area is 52.8 Å². The maximum absolute atomic E-state index is 10.6. The van der Waals surface area contributed by atoms with Crippen molar-refractivity contribution >= 4 is 12.4 Å². The van der Waals surface area contributed by atoms with Crippen LogP contribution in [0.3, 0.4) is 0 Å². The first-order valence-electron chi connectivity index (χ1n) is 2.76. The molecule has 4 heteroatoms. The van der Waals surface area contributed by atoms with E-state index in [1.807, 2.05) is 6.92 Å². The summed E-state index contributed by atoms with van der Waals surface area (Å²) >= 11 is 0. The number of imide groups is 1. The fourth-order valence-corrected chi connectivity index (χ4v) is 0.808. The summed E-state index contributed by atoms with van der Waals surface area (Å²) in [4.78, 5) is 21.7. The maximum atomic E-state index is 10.6. The maximum Gasteiger partial charge on any atom is 0.324 e. The Kier molecular flexibility index (Phi) is 1.38. The highest BCUT2D eigenvalue weighted by molar-refractivity contribution is 5.86. The zero-order valence-corrected chi connectivity index (χ0v) is 5.13. The van der Waals surface area contributed by atoms with Crippen LogP contribution in [0.15, 0.2) is 0 Å². The van der Waals surface area contributed by atoms with Gasteiger partial charge in [-0.1, -0.05) is 0 Å². The molecule has 0 spiro atoms. The van der Waals surface area contributed by atoms with Gasteiger partial charge in [-0.3, -0.25) is 9.69 Å². The molecule has 1 heterocycles. The molecule has 1 rings (SSSR count). The van der Waals surface area contributed by atoms with E-state index in [2.05, 4.69) is 5.32 Å². The van der Waals surface area contributed by atoms with E-state index in [0.717, 1.165) is 4.90 Å². The lowest BCUT2D eigenvalue weighted by Gasteiger charge is -2.00. The second-order valence-electron chi connectivity index (χ2n) is 2.11. The van der Waals surface area contributed by atoms with E-state index in [1.54, 1.807) is 0 Å². The predicted molar refractivity (Wildman–Crippen MR) is 30.8 cm³/mol. The highest BCUT2D eigenvalue weighted by Gasteiger charge is 2.24. The third-order valence-corrected chi connectivity index (χ3v) is 1.23. The quantitative estimate of drug-likeness (QED) is 0.486. The van der Waals surface area contributed by atoms with Crippen molar-refractivity contribution in [2.45, 2.75) is 13.0 Å². The molecule has 0 saturated carbocycles. The third kappa shape index (κ3) is 1.01. The average molecular weight is 128 g/mol. The molecule has 1 fully saturated rings. The molecule has 50 valence electrons. The van der Waals surface area contributed by atoms with Crippen LogP contribution in [0.4, 0.5) is 4.79 Å². The number of hydrogen-bond donors (Lipinski definition) is 1.